The van der Waals surface area contributed by atoms with E-state index in [-0.39, 0.29) is 17.1 Å². The number of thiazole rings is 1. The van der Waals surface area contributed by atoms with Crippen molar-refractivity contribution < 1.29 is 9.21 Å². The van der Waals surface area contributed by atoms with Crippen molar-refractivity contribution in [1.82, 2.24) is 20.5 Å². The average Bonchev–Trinajstić information content (AvgIpc) is 3.19. The van der Waals surface area contributed by atoms with E-state index in [4.69, 9.17) is 4.42 Å². The molecule has 0 bridgehead atoms. The van der Waals surface area contributed by atoms with E-state index in [1.165, 1.54) is 42.4 Å². The van der Waals surface area contributed by atoms with E-state index in [0.717, 1.165) is 28.4 Å². The van der Waals surface area contributed by atoms with Gasteiger partial charge in [0.05, 0.1) is 16.0 Å². The summed E-state index contributed by atoms with van der Waals surface area (Å²) >= 11 is 2.89. The summed E-state index contributed by atoms with van der Waals surface area (Å²) in [6.45, 7) is 7.99. The predicted octanol–water partition coefficient (Wildman–Crippen LogP) is 4.38. The third-order valence-electron chi connectivity index (χ3n) is 4.55. The van der Waals surface area contributed by atoms with E-state index in [0.29, 0.717) is 17.2 Å². The zero-order chi connectivity index (χ0) is 18.7. The van der Waals surface area contributed by atoms with E-state index in [1.807, 2.05) is 27.7 Å². The molecule has 1 amide bonds. The highest BCUT2D eigenvalue weighted by Crippen LogP contribution is 2.33. The molecular weight excluding hydrogens is 368 g/mol. The average molecular weight is 395 g/mol. The van der Waals surface area contributed by atoms with Crippen molar-refractivity contribution >= 4 is 29.0 Å². The van der Waals surface area contributed by atoms with Gasteiger partial charge in [0.15, 0.2) is 0 Å². The molecule has 1 atom stereocenters. The van der Waals surface area contributed by atoms with Crippen LogP contribution in [0.5, 0.6) is 0 Å². The second-order valence-electron chi connectivity index (χ2n) is 7.15. The minimum Gasteiger partial charge on any atom is -0.410 e. The van der Waals surface area contributed by atoms with Gasteiger partial charge in [-0.25, -0.2) is 4.98 Å². The normalized spacial score (nSPS) is 16.8. The molecule has 1 fully saturated rings. The Kier molecular flexibility index (Phi) is 6.34. The summed E-state index contributed by atoms with van der Waals surface area (Å²) in [4.78, 5) is 18.1. The molecule has 26 heavy (non-hydrogen) atoms. The molecule has 2 aromatic heterocycles. The Hall–Kier alpha value is -1.41. The van der Waals surface area contributed by atoms with Gasteiger partial charge in [-0.3, -0.25) is 4.79 Å². The van der Waals surface area contributed by atoms with Crippen LogP contribution in [-0.2, 0) is 4.79 Å². The molecule has 0 spiro atoms. The molecule has 0 radical (unpaired) electrons. The molecule has 8 heteroatoms. The first-order valence-corrected chi connectivity index (χ1v) is 10.9. The first-order chi connectivity index (χ1) is 12.4. The smallest absolute Gasteiger partial charge is 0.277 e. The van der Waals surface area contributed by atoms with Gasteiger partial charge in [0.2, 0.25) is 5.91 Å². The molecule has 0 aliphatic heterocycles. The van der Waals surface area contributed by atoms with Crippen LogP contribution in [0.3, 0.4) is 0 Å². The van der Waals surface area contributed by atoms with E-state index < -0.39 is 0 Å². The number of aromatic nitrogens is 3. The van der Waals surface area contributed by atoms with Crippen LogP contribution in [0.4, 0.5) is 0 Å². The van der Waals surface area contributed by atoms with Crippen molar-refractivity contribution in [3.05, 3.63) is 10.7 Å². The molecule has 0 saturated heterocycles. The number of hydrogen-bond acceptors (Lipinski definition) is 7. The van der Waals surface area contributed by atoms with E-state index in [2.05, 4.69) is 20.5 Å². The van der Waals surface area contributed by atoms with Gasteiger partial charge >= 0.3 is 0 Å². The second kappa shape index (κ2) is 8.52. The minimum absolute atomic E-state index is 0.0708. The van der Waals surface area contributed by atoms with Crippen LogP contribution >= 0.6 is 23.1 Å². The highest BCUT2D eigenvalue weighted by molar-refractivity contribution is 8.00. The van der Waals surface area contributed by atoms with Crippen LogP contribution in [0.15, 0.2) is 9.64 Å². The topological polar surface area (TPSA) is 80.9 Å². The summed E-state index contributed by atoms with van der Waals surface area (Å²) in [6, 6.07) is 0.305. The lowest BCUT2D eigenvalue weighted by molar-refractivity contribution is -0.122. The molecule has 6 nitrogen and oxygen atoms in total. The molecule has 1 N–H and O–H groups in total. The monoisotopic (exact) mass is 394 g/mol. The van der Waals surface area contributed by atoms with Crippen LogP contribution in [0.1, 0.15) is 56.7 Å². The van der Waals surface area contributed by atoms with Gasteiger partial charge in [0, 0.05) is 6.04 Å². The summed E-state index contributed by atoms with van der Waals surface area (Å²) in [5.74, 6) is 0.721. The van der Waals surface area contributed by atoms with E-state index >= 15 is 0 Å². The lowest BCUT2D eigenvalue weighted by Gasteiger charge is -2.26. The highest BCUT2D eigenvalue weighted by Gasteiger charge is 2.28. The molecule has 1 aliphatic rings. The second-order valence-corrected chi connectivity index (χ2v) is 9.44. The number of thioether (sulfide) groups is 1. The summed E-state index contributed by atoms with van der Waals surface area (Å²) in [5.41, 5.74) is 0.892. The number of nitrogens with one attached hydrogen (secondary N) is 1. The third kappa shape index (κ3) is 4.65. The number of rotatable bonds is 6. The molecule has 1 aliphatic carbocycles. The van der Waals surface area contributed by atoms with Crippen molar-refractivity contribution in [2.75, 3.05) is 0 Å². The van der Waals surface area contributed by atoms with Crippen LogP contribution in [0.25, 0.3) is 10.8 Å². The van der Waals surface area contributed by atoms with E-state index in [1.54, 1.807) is 0 Å². The Labute approximate surface area is 162 Å². The Balaban J connectivity index is 1.68. The molecule has 1 unspecified atom stereocenters. The van der Waals surface area contributed by atoms with Crippen molar-refractivity contribution in [2.45, 2.75) is 76.3 Å². The lowest BCUT2D eigenvalue weighted by Crippen LogP contribution is -2.42. The number of carbonyl (C=O) groups excluding carboxylic acids is 1. The number of nitrogens with zero attached hydrogens (tertiary/aromatic N) is 3. The fourth-order valence-electron chi connectivity index (χ4n) is 3.21. The first kappa shape index (κ1) is 19.4. The molecule has 2 aromatic rings. The van der Waals surface area contributed by atoms with Crippen LogP contribution in [-0.4, -0.2) is 32.4 Å². The number of carbonyl (C=O) groups is 1. The van der Waals surface area contributed by atoms with Crippen molar-refractivity contribution in [3.63, 3.8) is 0 Å². The molecule has 142 valence electrons. The summed E-state index contributed by atoms with van der Waals surface area (Å²) in [7, 11) is 0. The maximum absolute atomic E-state index is 12.8. The van der Waals surface area contributed by atoms with Gasteiger partial charge in [-0.15, -0.1) is 21.5 Å². The largest absolute Gasteiger partial charge is 0.410 e. The Morgan fingerprint density at radius 1 is 1.23 bits per heavy atom. The minimum atomic E-state index is -0.241. The van der Waals surface area contributed by atoms with Crippen molar-refractivity contribution in [1.29, 1.82) is 0 Å². The SMILES string of the molecule is Cc1nc(C)c(-c2nnc(SC(C(=O)NC3CCCCC3)C(C)C)o2)s1. The van der Waals surface area contributed by atoms with Crippen molar-refractivity contribution in [2.24, 2.45) is 5.92 Å². The maximum Gasteiger partial charge on any atom is 0.277 e. The quantitative estimate of drug-likeness (QED) is 0.733. The molecule has 2 heterocycles. The lowest BCUT2D eigenvalue weighted by atomic mass is 9.95. The molecule has 0 aromatic carbocycles. The number of hydrogen-bond donors (Lipinski definition) is 1. The summed E-state index contributed by atoms with van der Waals surface area (Å²) < 4.78 is 5.82. The van der Waals surface area contributed by atoms with Gasteiger partial charge in [-0.1, -0.05) is 44.9 Å². The van der Waals surface area contributed by atoms with Gasteiger partial charge in [0.25, 0.3) is 11.1 Å². The summed E-state index contributed by atoms with van der Waals surface area (Å²) in [6.07, 6.45) is 5.83. The maximum atomic E-state index is 12.8. The Morgan fingerprint density at radius 2 is 1.96 bits per heavy atom. The predicted molar refractivity (Wildman–Crippen MR) is 104 cm³/mol. The Bertz CT molecular complexity index is 750. The summed E-state index contributed by atoms with van der Waals surface area (Å²) in [5, 5.41) is 12.7. The molecule has 3 rings (SSSR count). The fraction of sp³-hybridized carbons (Fsp3) is 0.667. The molecular formula is C18H26N4O2S2. The fourth-order valence-corrected chi connectivity index (χ4v) is 4.93. The third-order valence-corrected chi connectivity index (χ3v) is 6.99. The zero-order valence-electron chi connectivity index (χ0n) is 15.7. The first-order valence-electron chi connectivity index (χ1n) is 9.19. The van der Waals surface area contributed by atoms with Crippen LogP contribution in [0, 0.1) is 19.8 Å². The van der Waals surface area contributed by atoms with Gasteiger partial charge < -0.3 is 9.73 Å². The van der Waals surface area contributed by atoms with Crippen LogP contribution < -0.4 is 5.32 Å². The zero-order valence-corrected chi connectivity index (χ0v) is 17.4. The van der Waals surface area contributed by atoms with Gasteiger partial charge in [0.1, 0.15) is 4.88 Å². The van der Waals surface area contributed by atoms with Crippen molar-refractivity contribution in [3.8, 4) is 10.8 Å². The number of aryl methyl sites for hydroxylation is 2. The van der Waals surface area contributed by atoms with Crippen LogP contribution in [0.2, 0.25) is 0 Å². The standard InChI is InChI=1S/C18H26N4O2S2/c1-10(2)14(16(23)20-13-8-6-5-7-9-13)26-18-22-21-17(24-18)15-11(3)19-12(4)25-15/h10,13-14H,5-9H2,1-4H3,(H,20,23). The molecule has 1 saturated carbocycles. The number of amides is 1. The van der Waals surface area contributed by atoms with Gasteiger partial charge in [-0.05, 0) is 32.6 Å². The van der Waals surface area contributed by atoms with Gasteiger partial charge in [-0.2, -0.15) is 0 Å². The highest BCUT2D eigenvalue weighted by atomic mass is 32.2. The Morgan fingerprint density at radius 3 is 2.58 bits per heavy atom. The van der Waals surface area contributed by atoms with E-state index in [9.17, 15) is 4.79 Å².